The van der Waals surface area contributed by atoms with Crippen LogP contribution in [0.4, 0.5) is 0 Å². The van der Waals surface area contributed by atoms with Gasteiger partial charge in [-0.3, -0.25) is 14.3 Å². The molecule has 0 radical (unpaired) electrons. The van der Waals surface area contributed by atoms with Gasteiger partial charge in [0, 0.05) is 22.8 Å². The normalized spacial score (nSPS) is 17.9. The maximum atomic E-state index is 13.5. The number of hydrogen-bond acceptors (Lipinski definition) is 5. The molecule has 2 aliphatic rings. The summed E-state index contributed by atoms with van der Waals surface area (Å²) < 4.78 is 2.59. The van der Waals surface area contributed by atoms with E-state index < -0.39 is 0 Å². The van der Waals surface area contributed by atoms with Gasteiger partial charge in [-0.15, -0.1) is 11.3 Å². The Kier molecular flexibility index (Phi) is 4.14. The standard InChI is InChI=1S/C24H17N3OS2/c28-23-20(13-15-5-3-11-25-14-15)30-24-26-21-17-7-2-1-6-16(17)9-10-18(21)22(27(23)24)19-8-4-12-29-19/h1-8,11-14,22H,9-10H2/b20-13-. The predicted molar refractivity (Wildman–Crippen MR) is 121 cm³/mol. The van der Waals surface area contributed by atoms with E-state index in [1.54, 1.807) is 23.7 Å². The van der Waals surface area contributed by atoms with Crippen molar-refractivity contribution < 1.29 is 0 Å². The quantitative estimate of drug-likeness (QED) is 0.489. The number of fused-ring (bicyclic) bond motifs is 3. The second-order valence-electron chi connectivity index (χ2n) is 7.42. The van der Waals surface area contributed by atoms with Crippen molar-refractivity contribution in [1.29, 1.82) is 0 Å². The van der Waals surface area contributed by atoms with Crippen molar-refractivity contribution in [3.63, 3.8) is 0 Å². The SMILES string of the molecule is O=c1/c(=C/c2cccnc2)sc2n1C(c1cccs1)C1=C(N=2)c2ccccc2CC1. The van der Waals surface area contributed by atoms with E-state index in [4.69, 9.17) is 4.99 Å². The minimum atomic E-state index is -0.0827. The van der Waals surface area contributed by atoms with Gasteiger partial charge < -0.3 is 0 Å². The molecule has 6 heteroatoms. The van der Waals surface area contributed by atoms with Crippen LogP contribution < -0.4 is 14.9 Å². The number of benzene rings is 1. The molecule has 1 unspecified atom stereocenters. The molecule has 1 aliphatic heterocycles. The van der Waals surface area contributed by atoms with E-state index >= 15 is 0 Å². The fourth-order valence-electron chi connectivity index (χ4n) is 4.33. The Morgan fingerprint density at radius 2 is 2.00 bits per heavy atom. The molecule has 4 heterocycles. The first-order valence-electron chi connectivity index (χ1n) is 9.86. The van der Waals surface area contributed by atoms with Gasteiger partial charge in [-0.2, -0.15) is 0 Å². The topological polar surface area (TPSA) is 47.2 Å². The van der Waals surface area contributed by atoms with Crippen molar-refractivity contribution in [2.45, 2.75) is 18.9 Å². The van der Waals surface area contributed by atoms with E-state index in [1.807, 2.05) is 22.8 Å². The van der Waals surface area contributed by atoms with Gasteiger partial charge in [0.05, 0.1) is 16.3 Å². The first-order valence-corrected chi connectivity index (χ1v) is 11.6. The fourth-order valence-corrected chi connectivity index (χ4v) is 6.18. The smallest absolute Gasteiger partial charge is 0.271 e. The molecule has 1 atom stereocenters. The lowest BCUT2D eigenvalue weighted by Crippen LogP contribution is -2.38. The van der Waals surface area contributed by atoms with Crippen molar-refractivity contribution in [3.05, 3.63) is 113 Å². The van der Waals surface area contributed by atoms with Crippen LogP contribution in [0.5, 0.6) is 0 Å². The summed E-state index contributed by atoms with van der Waals surface area (Å²) in [5.41, 5.74) is 5.77. The number of hydrogen-bond donors (Lipinski definition) is 0. The van der Waals surface area contributed by atoms with E-state index in [2.05, 4.69) is 46.8 Å². The molecule has 0 saturated heterocycles. The molecule has 4 aromatic rings. The number of rotatable bonds is 2. The van der Waals surface area contributed by atoms with Gasteiger partial charge in [0.25, 0.3) is 5.56 Å². The number of pyridine rings is 1. The molecule has 0 fully saturated rings. The van der Waals surface area contributed by atoms with Crippen molar-refractivity contribution in [2.24, 2.45) is 4.99 Å². The zero-order valence-corrected chi connectivity index (χ0v) is 17.6. The Bertz CT molecular complexity index is 1460. The molecule has 6 rings (SSSR count). The molecule has 0 amide bonds. The van der Waals surface area contributed by atoms with Crippen LogP contribution in [0.25, 0.3) is 11.8 Å². The molecular weight excluding hydrogens is 410 g/mol. The summed E-state index contributed by atoms with van der Waals surface area (Å²) in [7, 11) is 0. The molecule has 0 N–H and O–H groups in total. The molecule has 0 spiro atoms. The van der Waals surface area contributed by atoms with Crippen molar-refractivity contribution in [3.8, 4) is 0 Å². The highest BCUT2D eigenvalue weighted by atomic mass is 32.1. The Morgan fingerprint density at radius 3 is 2.83 bits per heavy atom. The summed E-state index contributed by atoms with van der Waals surface area (Å²) in [6, 6.07) is 16.5. The van der Waals surface area contributed by atoms with E-state index in [-0.39, 0.29) is 11.6 Å². The Balaban J connectivity index is 1.64. The molecular formula is C24H17N3OS2. The van der Waals surface area contributed by atoms with Crippen molar-refractivity contribution in [2.75, 3.05) is 0 Å². The summed E-state index contributed by atoms with van der Waals surface area (Å²) in [5.74, 6) is 0. The Labute approximate surface area is 180 Å². The molecule has 3 aromatic heterocycles. The first-order chi connectivity index (χ1) is 14.8. The Hall–Kier alpha value is -3.09. The number of thiophene rings is 1. The van der Waals surface area contributed by atoms with Crippen LogP contribution in [0.1, 0.15) is 34.0 Å². The summed E-state index contributed by atoms with van der Waals surface area (Å²) >= 11 is 3.16. The average molecular weight is 428 g/mol. The van der Waals surface area contributed by atoms with Crippen LogP contribution in [0.2, 0.25) is 0 Å². The molecule has 1 aliphatic carbocycles. The van der Waals surface area contributed by atoms with Crippen molar-refractivity contribution >= 4 is 34.4 Å². The van der Waals surface area contributed by atoms with Gasteiger partial charge >= 0.3 is 0 Å². The second kappa shape index (κ2) is 7.00. The van der Waals surface area contributed by atoms with Crippen molar-refractivity contribution in [1.82, 2.24) is 9.55 Å². The van der Waals surface area contributed by atoms with Crippen LogP contribution in [0.15, 0.2) is 81.7 Å². The highest BCUT2D eigenvalue weighted by molar-refractivity contribution is 7.10. The van der Waals surface area contributed by atoms with Gasteiger partial charge in [-0.25, -0.2) is 4.99 Å². The maximum Gasteiger partial charge on any atom is 0.271 e. The van der Waals surface area contributed by atoms with E-state index in [0.717, 1.165) is 28.9 Å². The molecule has 146 valence electrons. The third-order valence-electron chi connectivity index (χ3n) is 5.67. The minimum absolute atomic E-state index is 0.0198. The lowest BCUT2D eigenvalue weighted by atomic mass is 9.85. The van der Waals surface area contributed by atoms with E-state index in [0.29, 0.717) is 4.53 Å². The zero-order chi connectivity index (χ0) is 20.1. The number of allylic oxidation sites excluding steroid dienone is 1. The van der Waals surface area contributed by atoms with E-state index in [1.165, 1.54) is 32.9 Å². The van der Waals surface area contributed by atoms with Crippen LogP contribution in [0, 0.1) is 0 Å². The fraction of sp³-hybridized carbons (Fsp3) is 0.125. The Morgan fingerprint density at radius 1 is 1.07 bits per heavy atom. The lowest BCUT2D eigenvalue weighted by molar-refractivity contribution is 0.593. The van der Waals surface area contributed by atoms with Crippen LogP contribution >= 0.6 is 22.7 Å². The average Bonchev–Trinajstić information content (AvgIpc) is 3.42. The molecule has 0 saturated carbocycles. The summed E-state index contributed by atoms with van der Waals surface area (Å²) in [4.78, 5) is 24.6. The van der Waals surface area contributed by atoms with Gasteiger partial charge in [0.2, 0.25) is 0 Å². The predicted octanol–water partition coefficient (Wildman–Crippen LogP) is 3.78. The van der Waals surface area contributed by atoms with Crippen LogP contribution in [-0.4, -0.2) is 9.55 Å². The highest BCUT2D eigenvalue weighted by Gasteiger charge is 2.32. The van der Waals surface area contributed by atoms with Crippen LogP contribution in [-0.2, 0) is 6.42 Å². The number of nitrogens with zero attached hydrogens (tertiary/aromatic N) is 3. The molecule has 4 nitrogen and oxygen atoms in total. The lowest BCUT2D eigenvalue weighted by Gasteiger charge is -2.30. The maximum absolute atomic E-state index is 13.5. The zero-order valence-electron chi connectivity index (χ0n) is 16.0. The molecule has 0 bridgehead atoms. The summed E-state index contributed by atoms with van der Waals surface area (Å²) in [6.45, 7) is 0. The third kappa shape index (κ3) is 2.75. The molecule has 30 heavy (non-hydrogen) atoms. The van der Waals surface area contributed by atoms with E-state index in [9.17, 15) is 4.79 Å². The monoisotopic (exact) mass is 427 g/mol. The number of thiazole rings is 1. The number of aryl methyl sites for hydroxylation is 1. The minimum Gasteiger partial charge on any atom is -0.271 e. The van der Waals surface area contributed by atoms with Gasteiger partial charge in [-0.05, 0) is 53.1 Å². The second-order valence-corrected chi connectivity index (χ2v) is 9.40. The third-order valence-corrected chi connectivity index (χ3v) is 7.58. The van der Waals surface area contributed by atoms with Gasteiger partial charge in [0.15, 0.2) is 4.80 Å². The van der Waals surface area contributed by atoms with Gasteiger partial charge in [0.1, 0.15) is 0 Å². The highest BCUT2D eigenvalue weighted by Crippen LogP contribution is 2.42. The van der Waals surface area contributed by atoms with Crippen LogP contribution in [0.3, 0.4) is 0 Å². The molecule has 1 aromatic carbocycles. The largest absolute Gasteiger partial charge is 0.271 e. The van der Waals surface area contributed by atoms with Gasteiger partial charge in [-0.1, -0.05) is 47.7 Å². The summed E-state index contributed by atoms with van der Waals surface area (Å²) in [5, 5.41) is 2.08. The summed E-state index contributed by atoms with van der Waals surface area (Å²) in [6.07, 6.45) is 7.33. The first kappa shape index (κ1) is 17.7. The number of aromatic nitrogens is 2.